The predicted octanol–water partition coefficient (Wildman–Crippen LogP) is 16.7. The van der Waals surface area contributed by atoms with Crippen LogP contribution in [0.5, 0.6) is 0 Å². The summed E-state index contributed by atoms with van der Waals surface area (Å²) in [7, 11) is 0. The second-order valence-electron chi connectivity index (χ2n) is 16.7. The van der Waals surface area contributed by atoms with Gasteiger partial charge in [0.15, 0.2) is 0 Å². The summed E-state index contributed by atoms with van der Waals surface area (Å²) in [6.45, 7) is 0. The molecule has 0 fully saturated rings. The molecule has 3 nitrogen and oxygen atoms in total. The lowest BCUT2D eigenvalue weighted by atomic mass is 9.68. The Hall–Kier alpha value is -8.40. The molecule has 0 amide bonds. The molecule has 0 radical (unpaired) electrons. The van der Waals surface area contributed by atoms with Crippen LogP contribution in [0.15, 0.2) is 245 Å². The molecule has 2 aromatic heterocycles. The van der Waals surface area contributed by atoms with Crippen molar-refractivity contribution >= 4 is 60.9 Å². The predicted molar refractivity (Wildman–Crippen MR) is 264 cm³/mol. The molecule has 13 rings (SSSR count). The van der Waals surface area contributed by atoms with Crippen molar-refractivity contribution in [3.8, 4) is 33.4 Å². The van der Waals surface area contributed by atoms with Gasteiger partial charge in [-0.05, 0) is 93.0 Å². The summed E-state index contributed by atoms with van der Waals surface area (Å²) in [5.41, 5.74) is 18.3. The summed E-state index contributed by atoms with van der Waals surface area (Å²) in [5.74, 6) is 0. The van der Waals surface area contributed by atoms with Crippen molar-refractivity contribution in [1.29, 1.82) is 0 Å². The molecule has 0 aliphatic heterocycles. The van der Waals surface area contributed by atoms with Gasteiger partial charge >= 0.3 is 0 Å². The lowest BCUT2D eigenvalue weighted by molar-refractivity contribution is 0.669. The van der Waals surface area contributed by atoms with Gasteiger partial charge in [-0.1, -0.05) is 188 Å². The Labute approximate surface area is 370 Å². The van der Waals surface area contributed by atoms with Crippen LogP contribution in [-0.4, -0.2) is 0 Å². The Balaban J connectivity index is 0.974. The van der Waals surface area contributed by atoms with Gasteiger partial charge in [0, 0.05) is 44.0 Å². The van der Waals surface area contributed by atoms with E-state index in [0.717, 1.165) is 83.2 Å². The standard InChI is InChI=1S/C61H39NO2/c1-3-15-43(16-4-1)61(44-17-5-2-6-18-44)53-24-10-7-21-51(53)59-54(61)25-14-26-55(59)62(46-37-38-58-52(39-46)49-20-9-11-27-56(49)63-58)45-35-33-41(34-36-45)40-29-31-42(32-30-40)47-22-13-23-50-48-19-8-12-28-57(48)64-60(47)50/h1-39H. The number of nitrogens with zero attached hydrogens (tertiary/aromatic N) is 1. The van der Waals surface area contributed by atoms with Gasteiger partial charge in [-0.3, -0.25) is 0 Å². The Kier molecular flexibility index (Phi) is 8.13. The fraction of sp³-hybridized carbons (Fsp3) is 0.0164. The minimum absolute atomic E-state index is 0.521. The molecule has 3 heteroatoms. The van der Waals surface area contributed by atoms with Gasteiger partial charge in [0.05, 0.1) is 11.1 Å². The molecule has 1 aliphatic rings. The number of hydrogen-bond acceptors (Lipinski definition) is 3. The highest BCUT2D eigenvalue weighted by molar-refractivity contribution is 6.10. The third kappa shape index (κ3) is 5.41. The first-order chi connectivity index (χ1) is 31.7. The maximum absolute atomic E-state index is 6.40. The Morgan fingerprint density at radius 3 is 1.58 bits per heavy atom. The van der Waals surface area contributed by atoms with Gasteiger partial charge in [-0.2, -0.15) is 0 Å². The van der Waals surface area contributed by atoms with Crippen LogP contribution >= 0.6 is 0 Å². The molecule has 0 saturated heterocycles. The van der Waals surface area contributed by atoms with E-state index < -0.39 is 5.41 Å². The summed E-state index contributed by atoms with van der Waals surface area (Å²) in [5, 5.41) is 4.46. The smallest absolute Gasteiger partial charge is 0.143 e. The van der Waals surface area contributed by atoms with Crippen molar-refractivity contribution < 1.29 is 8.83 Å². The largest absolute Gasteiger partial charge is 0.456 e. The van der Waals surface area contributed by atoms with Crippen molar-refractivity contribution in [2.45, 2.75) is 5.41 Å². The van der Waals surface area contributed by atoms with Gasteiger partial charge in [-0.15, -0.1) is 0 Å². The molecule has 2 heterocycles. The maximum atomic E-state index is 6.40. The zero-order valence-electron chi connectivity index (χ0n) is 34.8. The van der Waals surface area contributed by atoms with E-state index in [0.29, 0.717) is 0 Å². The Morgan fingerprint density at radius 1 is 0.328 bits per heavy atom. The van der Waals surface area contributed by atoms with Crippen molar-refractivity contribution in [3.63, 3.8) is 0 Å². The van der Waals surface area contributed by atoms with Crippen LogP contribution in [0.2, 0.25) is 0 Å². The zero-order valence-corrected chi connectivity index (χ0v) is 34.8. The number of benzene rings is 10. The molecule has 0 atom stereocenters. The Bertz CT molecular complexity index is 3670. The van der Waals surface area contributed by atoms with Gasteiger partial charge in [0.2, 0.25) is 0 Å². The van der Waals surface area contributed by atoms with E-state index in [-0.39, 0.29) is 0 Å². The van der Waals surface area contributed by atoms with Crippen LogP contribution in [0.3, 0.4) is 0 Å². The number of hydrogen-bond donors (Lipinski definition) is 0. The van der Waals surface area contributed by atoms with Crippen LogP contribution in [0.4, 0.5) is 17.1 Å². The van der Waals surface area contributed by atoms with Crippen LogP contribution in [0.1, 0.15) is 22.3 Å². The average Bonchev–Trinajstić information content (AvgIpc) is 4.04. The molecule has 0 N–H and O–H groups in total. The van der Waals surface area contributed by atoms with Crippen molar-refractivity contribution in [3.05, 3.63) is 259 Å². The zero-order chi connectivity index (χ0) is 42.2. The van der Waals surface area contributed by atoms with Gasteiger partial charge in [0.1, 0.15) is 22.3 Å². The second kappa shape index (κ2) is 14.3. The number of rotatable bonds is 7. The lowest BCUT2D eigenvalue weighted by Gasteiger charge is -2.34. The quantitative estimate of drug-likeness (QED) is 0.160. The number of para-hydroxylation sites is 3. The molecule has 0 spiro atoms. The van der Waals surface area contributed by atoms with Crippen LogP contribution in [0.25, 0.3) is 77.3 Å². The monoisotopic (exact) mass is 817 g/mol. The van der Waals surface area contributed by atoms with Crippen LogP contribution in [0, 0.1) is 0 Å². The van der Waals surface area contributed by atoms with E-state index in [1.54, 1.807) is 0 Å². The SMILES string of the molecule is c1ccc(C2(c3ccccc3)c3ccccc3-c3c(N(c4ccc(-c5ccc(-c6cccc7c6oc6ccccc67)cc5)cc4)c4ccc5oc6ccccc6c5c4)cccc32)cc1. The third-order valence-corrected chi connectivity index (χ3v) is 13.4. The van der Waals surface area contributed by atoms with Crippen molar-refractivity contribution in [1.82, 2.24) is 0 Å². The first-order valence-corrected chi connectivity index (χ1v) is 21.9. The number of furan rings is 2. The topological polar surface area (TPSA) is 29.5 Å². The number of anilines is 3. The highest BCUT2D eigenvalue weighted by atomic mass is 16.3. The fourth-order valence-corrected chi connectivity index (χ4v) is 10.6. The van der Waals surface area contributed by atoms with E-state index in [1.165, 1.54) is 33.4 Å². The molecule has 0 saturated carbocycles. The molecular weight excluding hydrogens is 779 g/mol. The summed E-state index contributed by atoms with van der Waals surface area (Å²) >= 11 is 0. The van der Waals surface area contributed by atoms with E-state index in [9.17, 15) is 0 Å². The minimum atomic E-state index is -0.521. The van der Waals surface area contributed by atoms with E-state index in [1.807, 2.05) is 24.3 Å². The molecule has 10 aromatic carbocycles. The third-order valence-electron chi connectivity index (χ3n) is 13.4. The highest BCUT2D eigenvalue weighted by Crippen LogP contribution is 2.59. The normalized spacial score (nSPS) is 12.8. The van der Waals surface area contributed by atoms with Crippen molar-refractivity contribution in [2.24, 2.45) is 0 Å². The highest BCUT2D eigenvalue weighted by Gasteiger charge is 2.47. The van der Waals surface area contributed by atoms with Crippen molar-refractivity contribution in [2.75, 3.05) is 4.90 Å². The summed E-state index contributed by atoms with van der Waals surface area (Å²) < 4.78 is 12.8. The van der Waals surface area contributed by atoms with Crippen LogP contribution in [-0.2, 0) is 5.41 Å². The van der Waals surface area contributed by atoms with Gasteiger partial charge in [-0.25, -0.2) is 0 Å². The molecule has 1 aliphatic carbocycles. The first-order valence-electron chi connectivity index (χ1n) is 21.9. The second-order valence-corrected chi connectivity index (χ2v) is 16.7. The molecule has 300 valence electrons. The summed E-state index contributed by atoms with van der Waals surface area (Å²) in [6, 6.07) is 85.3. The lowest BCUT2D eigenvalue weighted by Crippen LogP contribution is -2.28. The molecule has 64 heavy (non-hydrogen) atoms. The van der Waals surface area contributed by atoms with E-state index in [2.05, 4.69) is 217 Å². The Morgan fingerprint density at radius 2 is 0.844 bits per heavy atom. The average molecular weight is 818 g/mol. The maximum Gasteiger partial charge on any atom is 0.143 e. The fourth-order valence-electron chi connectivity index (χ4n) is 10.6. The summed E-state index contributed by atoms with van der Waals surface area (Å²) in [4.78, 5) is 2.43. The molecule has 0 unspecified atom stereocenters. The van der Waals surface area contributed by atoms with E-state index in [4.69, 9.17) is 8.83 Å². The van der Waals surface area contributed by atoms with Gasteiger partial charge in [0.25, 0.3) is 0 Å². The molecular formula is C61H39NO2. The van der Waals surface area contributed by atoms with Crippen LogP contribution < -0.4 is 4.90 Å². The minimum Gasteiger partial charge on any atom is -0.456 e. The van der Waals surface area contributed by atoms with E-state index >= 15 is 0 Å². The molecule has 12 aromatic rings. The number of fused-ring (bicyclic) bond motifs is 9. The summed E-state index contributed by atoms with van der Waals surface area (Å²) in [6.07, 6.45) is 0. The van der Waals surface area contributed by atoms with Gasteiger partial charge < -0.3 is 13.7 Å². The molecule has 0 bridgehead atoms. The first kappa shape index (κ1) is 36.3.